The van der Waals surface area contributed by atoms with Gasteiger partial charge in [0.1, 0.15) is 5.78 Å². The van der Waals surface area contributed by atoms with Crippen LogP contribution in [0.5, 0.6) is 0 Å². The van der Waals surface area contributed by atoms with Crippen molar-refractivity contribution in [1.29, 1.82) is 0 Å². The van der Waals surface area contributed by atoms with E-state index in [0.29, 0.717) is 18.4 Å². The molecule has 1 aromatic rings. The lowest BCUT2D eigenvalue weighted by atomic mass is 10.0. The third-order valence-electron chi connectivity index (χ3n) is 2.39. The number of rotatable bonds is 4. The van der Waals surface area contributed by atoms with Gasteiger partial charge in [-0.25, -0.2) is 0 Å². The second-order valence-corrected chi connectivity index (χ2v) is 3.84. The summed E-state index contributed by atoms with van der Waals surface area (Å²) in [4.78, 5) is 11.5. The molecule has 0 aromatic heterocycles. The summed E-state index contributed by atoms with van der Waals surface area (Å²) in [5, 5.41) is 0. The van der Waals surface area contributed by atoms with E-state index in [0.717, 1.165) is 12.1 Å². The van der Waals surface area contributed by atoms with Crippen LogP contribution in [0, 0.1) is 11.8 Å². The topological polar surface area (TPSA) is 17.1 Å². The van der Waals surface area contributed by atoms with Gasteiger partial charge >= 0.3 is 6.18 Å². The van der Waals surface area contributed by atoms with E-state index in [1.54, 1.807) is 6.92 Å². The minimum atomic E-state index is -4.33. The van der Waals surface area contributed by atoms with Crippen molar-refractivity contribution < 1.29 is 18.0 Å². The molecule has 0 aliphatic heterocycles. The lowest BCUT2D eigenvalue weighted by Gasteiger charge is -2.07. The highest BCUT2D eigenvalue weighted by Crippen LogP contribution is 2.29. The second kappa shape index (κ2) is 6.25. The van der Waals surface area contributed by atoms with Crippen LogP contribution in [0.25, 0.3) is 0 Å². The summed E-state index contributed by atoms with van der Waals surface area (Å²) in [6, 6.07) is 4.67. The van der Waals surface area contributed by atoms with Crippen molar-refractivity contribution in [1.82, 2.24) is 0 Å². The monoisotopic (exact) mass is 254 g/mol. The number of halogens is 3. The van der Waals surface area contributed by atoms with Crippen LogP contribution in [0.3, 0.4) is 0 Å². The van der Waals surface area contributed by atoms with E-state index in [4.69, 9.17) is 0 Å². The summed E-state index contributed by atoms with van der Waals surface area (Å²) >= 11 is 0. The van der Waals surface area contributed by atoms with Crippen molar-refractivity contribution in [3.63, 3.8) is 0 Å². The zero-order valence-corrected chi connectivity index (χ0v) is 9.97. The van der Waals surface area contributed by atoms with E-state index in [-0.39, 0.29) is 12.2 Å². The Kier molecular flexibility index (Phi) is 4.96. The predicted octanol–water partition coefficient (Wildman–Crippen LogP) is 3.62. The summed E-state index contributed by atoms with van der Waals surface area (Å²) in [6.45, 7) is 1.69. The fourth-order valence-corrected chi connectivity index (χ4v) is 1.45. The van der Waals surface area contributed by atoms with Crippen molar-refractivity contribution in [3.8, 4) is 11.8 Å². The SMILES string of the molecule is CC#CCCC(=O)Cc1ccc(C(F)(F)F)cc1. The summed E-state index contributed by atoms with van der Waals surface area (Å²) in [6.07, 6.45) is -3.35. The van der Waals surface area contributed by atoms with Gasteiger partial charge in [0.2, 0.25) is 0 Å². The van der Waals surface area contributed by atoms with E-state index in [1.165, 1.54) is 12.1 Å². The first-order valence-electron chi connectivity index (χ1n) is 5.51. The smallest absolute Gasteiger partial charge is 0.299 e. The largest absolute Gasteiger partial charge is 0.416 e. The summed E-state index contributed by atoms with van der Waals surface area (Å²) < 4.78 is 36.9. The Morgan fingerprint density at radius 3 is 2.33 bits per heavy atom. The molecular weight excluding hydrogens is 241 g/mol. The molecule has 0 saturated heterocycles. The molecule has 0 spiro atoms. The normalized spacial score (nSPS) is 10.7. The first-order chi connectivity index (χ1) is 8.43. The lowest BCUT2D eigenvalue weighted by molar-refractivity contribution is -0.137. The van der Waals surface area contributed by atoms with Crippen LogP contribution in [0.15, 0.2) is 24.3 Å². The fourth-order valence-electron chi connectivity index (χ4n) is 1.45. The number of hydrogen-bond donors (Lipinski definition) is 0. The van der Waals surface area contributed by atoms with Gasteiger partial charge in [0.15, 0.2) is 0 Å². The van der Waals surface area contributed by atoms with Gasteiger partial charge in [0.25, 0.3) is 0 Å². The number of Topliss-reactive ketones (excluding diaryl/α,β-unsaturated/α-hetero) is 1. The zero-order valence-electron chi connectivity index (χ0n) is 9.97. The molecule has 0 amide bonds. The van der Waals surface area contributed by atoms with Gasteiger partial charge in [-0.1, -0.05) is 12.1 Å². The second-order valence-electron chi connectivity index (χ2n) is 3.84. The Labute approximate surface area is 104 Å². The van der Waals surface area contributed by atoms with Gasteiger partial charge in [0.05, 0.1) is 5.56 Å². The van der Waals surface area contributed by atoms with Gasteiger partial charge in [-0.05, 0) is 24.6 Å². The molecule has 0 saturated carbocycles. The molecule has 0 aliphatic carbocycles. The van der Waals surface area contributed by atoms with Crippen LogP contribution in [-0.2, 0) is 17.4 Å². The van der Waals surface area contributed by atoms with Crippen LogP contribution in [0.2, 0.25) is 0 Å². The minimum absolute atomic E-state index is 0.0162. The Balaban J connectivity index is 2.58. The van der Waals surface area contributed by atoms with Crippen molar-refractivity contribution in [2.24, 2.45) is 0 Å². The fraction of sp³-hybridized carbons (Fsp3) is 0.357. The number of carbonyl (C=O) groups excluding carboxylic acids is 1. The number of carbonyl (C=O) groups is 1. The van der Waals surface area contributed by atoms with Gasteiger partial charge in [0, 0.05) is 19.3 Å². The van der Waals surface area contributed by atoms with Gasteiger partial charge < -0.3 is 0 Å². The van der Waals surface area contributed by atoms with E-state index in [2.05, 4.69) is 11.8 Å². The highest BCUT2D eigenvalue weighted by atomic mass is 19.4. The third-order valence-corrected chi connectivity index (χ3v) is 2.39. The molecule has 0 bridgehead atoms. The molecule has 0 aliphatic rings. The molecule has 0 radical (unpaired) electrons. The van der Waals surface area contributed by atoms with Crippen molar-refractivity contribution in [2.45, 2.75) is 32.4 Å². The standard InChI is InChI=1S/C14H13F3O/c1-2-3-4-5-13(18)10-11-6-8-12(9-7-11)14(15,16)17/h6-9H,4-5,10H2,1H3. The molecule has 0 heterocycles. The molecule has 1 aromatic carbocycles. The van der Waals surface area contributed by atoms with Crippen LogP contribution >= 0.6 is 0 Å². The molecular formula is C14H13F3O. The molecule has 1 nitrogen and oxygen atoms in total. The number of benzene rings is 1. The Hall–Kier alpha value is -1.76. The predicted molar refractivity (Wildman–Crippen MR) is 62.8 cm³/mol. The van der Waals surface area contributed by atoms with E-state index in [1.807, 2.05) is 0 Å². The Morgan fingerprint density at radius 1 is 1.22 bits per heavy atom. The highest BCUT2D eigenvalue weighted by molar-refractivity contribution is 5.81. The minimum Gasteiger partial charge on any atom is -0.299 e. The lowest BCUT2D eigenvalue weighted by Crippen LogP contribution is -2.06. The maximum Gasteiger partial charge on any atom is 0.416 e. The number of hydrogen-bond acceptors (Lipinski definition) is 1. The summed E-state index contributed by atoms with van der Waals surface area (Å²) in [5.74, 6) is 5.44. The molecule has 96 valence electrons. The summed E-state index contributed by atoms with van der Waals surface area (Å²) in [7, 11) is 0. The van der Waals surface area contributed by atoms with Crippen molar-refractivity contribution >= 4 is 5.78 Å². The molecule has 1 rings (SSSR count). The first-order valence-corrected chi connectivity index (χ1v) is 5.51. The molecule has 0 N–H and O–H groups in total. The Bertz CT molecular complexity index is 461. The average Bonchev–Trinajstić information content (AvgIpc) is 2.29. The third kappa shape index (κ3) is 4.62. The van der Waals surface area contributed by atoms with Gasteiger partial charge in [-0.3, -0.25) is 4.79 Å². The molecule has 4 heteroatoms. The Morgan fingerprint density at radius 2 is 1.83 bits per heavy atom. The van der Waals surface area contributed by atoms with Crippen molar-refractivity contribution in [3.05, 3.63) is 35.4 Å². The maximum absolute atomic E-state index is 12.3. The van der Waals surface area contributed by atoms with E-state index >= 15 is 0 Å². The summed E-state index contributed by atoms with van der Waals surface area (Å²) in [5.41, 5.74) is -0.104. The zero-order chi connectivity index (χ0) is 13.6. The van der Waals surface area contributed by atoms with E-state index in [9.17, 15) is 18.0 Å². The van der Waals surface area contributed by atoms with Gasteiger partial charge in [-0.15, -0.1) is 11.8 Å². The number of alkyl halides is 3. The van der Waals surface area contributed by atoms with Gasteiger partial charge in [-0.2, -0.15) is 13.2 Å². The van der Waals surface area contributed by atoms with Crippen LogP contribution in [-0.4, -0.2) is 5.78 Å². The quantitative estimate of drug-likeness (QED) is 0.750. The highest BCUT2D eigenvalue weighted by Gasteiger charge is 2.29. The molecule has 18 heavy (non-hydrogen) atoms. The van der Waals surface area contributed by atoms with Crippen LogP contribution < -0.4 is 0 Å². The molecule has 0 unspecified atom stereocenters. The van der Waals surface area contributed by atoms with Crippen LogP contribution in [0.4, 0.5) is 13.2 Å². The molecule has 0 fully saturated rings. The first kappa shape index (κ1) is 14.3. The maximum atomic E-state index is 12.3. The van der Waals surface area contributed by atoms with Crippen molar-refractivity contribution in [2.75, 3.05) is 0 Å². The van der Waals surface area contributed by atoms with Crippen LogP contribution in [0.1, 0.15) is 30.9 Å². The van der Waals surface area contributed by atoms with E-state index < -0.39 is 11.7 Å². The average molecular weight is 254 g/mol. The number of ketones is 1. The molecule has 0 atom stereocenters.